The van der Waals surface area contributed by atoms with Gasteiger partial charge >= 0.3 is 0 Å². The highest BCUT2D eigenvalue weighted by molar-refractivity contribution is 5.94. The van der Waals surface area contributed by atoms with E-state index >= 15 is 0 Å². The van der Waals surface area contributed by atoms with Gasteiger partial charge in [-0.1, -0.05) is 0 Å². The van der Waals surface area contributed by atoms with Crippen molar-refractivity contribution in [3.05, 3.63) is 39.7 Å². The van der Waals surface area contributed by atoms with E-state index in [2.05, 4.69) is 10.6 Å². The van der Waals surface area contributed by atoms with Gasteiger partial charge in [0.25, 0.3) is 11.6 Å². The first-order valence-electron chi connectivity index (χ1n) is 6.45. The normalized spacial score (nSPS) is 22.3. The predicted molar refractivity (Wildman–Crippen MR) is 71.0 cm³/mol. The van der Waals surface area contributed by atoms with Crippen LogP contribution >= 0.6 is 0 Å². The van der Waals surface area contributed by atoms with Gasteiger partial charge < -0.3 is 10.6 Å². The lowest BCUT2D eigenvalue weighted by Gasteiger charge is -2.28. The summed E-state index contributed by atoms with van der Waals surface area (Å²) in [5.74, 6) is -1.41. The molecule has 6 nitrogen and oxygen atoms in total. The molecule has 108 valence electrons. The molecule has 2 N–H and O–H groups in total. The number of amides is 1. The maximum atomic E-state index is 13.7. The van der Waals surface area contributed by atoms with Crippen molar-refractivity contribution in [2.45, 2.75) is 31.8 Å². The molecular formula is C13H16FN3O3. The second-order valence-electron chi connectivity index (χ2n) is 4.97. The van der Waals surface area contributed by atoms with E-state index in [1.165, 1.54) is 0 Å². The minimum absolute atomic E-state index is 0.00616. The van der Waals surface area contributed by atoms with Crippen LogP contribution in [0.1, 0.15) is 30.1 Å². The van der Waals surface area contributed by atoms with E-state index in [0.29, 0.717) is 6.04 Å². The highest BCUT2D eigenvalue weighted by Crippen LogP contribution is 2.17. The molecule has 2 rings (SSSR count). The van der Waals surface area contributed by atoms with Gasteiger partial charge in [-0.25, -0.2) is 4.39 Å². The van der Waals surface area contributed by atoms with Gasteiger partial charge in [0.1, 0.15) is 5.82 Å². The quantitative estimate of drug-likeness (QED) is 0.651. The molecular weight excluding hydrogens is 265 g/mol. The fourth-order valence-corrected chi connectivity index (χ4v) is 2.33. The van der Waals surface area contributed by atoms with Gasteiger partial charge in [0.15, 0.2) is 0 Å². The second-order valence-corrected chi connectivity index (χ2v) is 4.97. The van der Waals surface area contributed by atoms with Crippen molar-refractivity contribution in [2.75, 3.05) is 6.54 Å². The summed E-state index contributed by atoms with van der Waals surface area (Å²) in [6.07, 6.45) is 1.56. The summed E-state index contributed by atoms with van der Waals surface area (Å²) in [5.41, 5.74) is -0.531. The van der Waals surface area contributed by atoms with Gasteiger partial charge in [-0.15, -0.1) is 0 Å². The third-order valence-electron chi connectivity index (χ3n) is 3.37. The van der Waals surface area contributed by atoms with Crippen LogP contribution in [0.5, 0.6) is 0 Å². The molecule has 0 spiro atoms. The van der Waals surface area contributed by atoms with Crippen LogP contribution in [-0.2, 0) is 0 Å². The van der Waals surface area contributed by atoms with Crippen LogP contribution in [0, 0.1) is 15.9 Å². The van der Waals surface area contributed by atoms with E-state index < -0.39 is 16.6 Å². The Hall–Kier alpha value is -2.02. The molecule has 1 aliphatic rings. The molecule has 0 bridgehead atoms. The van der Waals surface area contributed by atoms with Crippen LogP contribution < -0.4 is 10.6 Å². The number of hydrogen-bond acceptors (Lipinski definition) is 4. The van der Waals surface area contributed by atoms with E-state index in [9.17, 15) is 19.3 Å². The number of non-ortho nitro benzene ring substituents is 1. The monoisotopic (exact) mass is 281 g/mol. The highest BCUT2D eigenvalue weighted by atomic mass is 19.1. The maximum Gasteiger partial charge on any atom is 0.272 e. The van der Waals surface area contributed by atoms with Crippen molar-refractivity contribution in [3.8, 4) is 0 Å². The second kappa shape index (κ2) is 5.96. The van der Waals surface area contributed by atoms with Crippen LogP contribution in [0.15, 0.2) is 18.2 Å². The Labute approximate surface area is 115 Å². The lowest BCUT2D eigenvalue weighted by Crippen LogP contribution is -2.46. The zero-order chi connectivity index (χ0) is 14.7. The van der Waals surface area contributed by atoms with Gasteiger partial charge in [-0.2, -0.15) is 0 Å². The number of carbonyl (C=O) groups excluding carboxylic acids is 1. The molecule has 2 unspecified atom stereocenters. The van der Waals surface area contributed by atoms with E-state index in [1.54, 1.807) is 0 Å². The predicted octanol–water partition coefficient (Wildman–Crippen LogP) is 1.60. The number of piperidine rings is 1. The lowest BCUT2D eigenvalue weighted by molar-refractivity contribution is -0.385. The minimum atomic E-state index is -0.876. The molecule has 1 saturated heterocycles. The number of hydrogen-bond donors (Lipinski definition) is 2. The van der Waals surface area contributed by atoms with Crippen molar-refractivity contribution in [3.63, 3.8) is 0 Å². The van der Waals surface area contributed by atoms with Gasteiger partial charge in [0.05, 0.1) is 16.6 Å². The molecule has 1 heterocycles. The largest absolute Gasteiger partial charge is 0.349 e. The molecule has 1 amide bonds. The average molecular weight is 281 g/mol. The van der Waals surface area contributed by atoms with Crippen molar-refractivity contribution >= 4 is 11.6 Å². The number of benzene rings is 1. The summed E-state index contributed by atoms with van der Waals surface area (Å²) in [5, 5.41) is 16.5. The number of nitrogens with one attached hydrogen (secondary N) is 2. The van der Waals surface area contributed by atoms with E-state index in [4.69, 9.17) is 0 Å². The fraction of sp³-hybridized carbons (Fsp3) is 0.462. The number of nitrogens with zero attached hydrogens (tertiary/aromatic N) is 1. The van der Waals surface area contributed by atoms with Crippen molar-refractivity contribution in [1.29, 1.82) is 0 Å². The zero-order valence-corrected chi connectivity index (χ0v) is 11.1. The summed E-state index contributed by atoms with van der Waals surface area (Å²) < 4.78 is 13.7. The number of rotatable bonds is 3. The summed E-state index contributed by atoms with van der Waals surface area (Å²) in [7, 11) is 0. The summed E-state index contributed by atoms with van der Waals surface area (Å²) >= 11 is 0. The first-order chi connectivity index (χ1) is 9.47. The Morgan fingerprint density at radius 1 is 1.55 bits per heavy atom. The smallest absolute Gasteiger partial charge is 0.272 e. The van der Waals surface area contributed by atoms with Gasteiger partial charge in [-0.3, -0.25) is 14.9 Å². The summed E-state index contributed by atoms with van der Waals surface area (Å²) in [6.45, 7) is 2.82. The van der Waals surface area contributed by atoms with E-state index in [0.717, 1.165) is 37.6 Å². The Morgan fingerprint density at radius 3 is 2.90 bits per heavy atom. The van der Waals surface area contributed by atoms with Gasteiger partial charge in [-0.05, 0) is 32.4 Å². The average Bonchev–Trinajstić information content (AvgIpc) is 2.38. The van der Waals surface area contributed by atoms with Gasteiger partial charge in [0, 0.05) is 18.2 Å². The third kappa shape index (κ3) is 3.30. The van der Waals surface area contributed by atoms with E-state index in [-0.39, 0.29) is 17.3 Å². The molecule has 2 atom stereocenters. The SMILES string of the molecule is CC1CC(NC(=O)c2ccc([N+](=O)[O-])cc2F)CCN1. The molecule has 0 radical (unpaired) electrons. The third-order valence-corrected chi connectivity index (χ3v) is 3.37. The molecule has 0 saturated carbocycles. The molecule has 1 fully saturated rings. The summed E-state index contributed by atoms with van der Waals surface area (Å²) in [4.78, 5) is 21.8. The van der Waals surface area contributed by atoms with Crippen LogP contribution in [0.4, 0.5) is 10.1 Å². The van der Waals surface area contributed by atoms with Gasteiger partial charge in [0.2, 0.25) is 0 Å². The first-order valence-corrected chi connectivity index (χ1v) is 6.45. The standard InChI is InChI=1S/C13H16FN3O3/c1-8-6-9(4-5-15-8)16-13(18)11-3-2-10(17(19)20)7-12(11)14/h2-3,7-9,15H,4-6H2,1H3,(H,16,18). The zero-order valence-electron chi connectivity index (χ0n) is 11.1. The van der Waals surface area contributed by atoms with Crippen LogP contribution in [0.25, 0.3) is 0 Å². The number of carbonyl (C=O) groups is 1. The molecule has 0 aliphatic carbocycles. The number of halogens is 1. The summed E-state index contributed by atoms with van der Waals surface area (Å²) in [6, 6.07) is 3.33. The lowest BCUT2D eigenvalue weighted by atomic mass is 10.00. The van der Waals surface area contributed by atoms with Crippen LogP contribution in [0.2, 0.25) is 0 Å². The number of nitro groups is 1. The molecule has 1 aromatic carbocycles. The molecule has 1 aromatic rings. The maximum absolute atomic E-state index is 13.7. The first kappa shape index (κ1) is 14.4. The Morgan fingerprint density at radius 2 is 2.30 bits per heavy atom. The minimum Gasteiger partial charge on any atom is -0.349 e. The molecule has 1 aliphatic heterocycles. The van der Waals surface area contributed by atoms with Crippen LogP contribution in [0.3, 0.4) is 0 Å². The van der Waals surface area contributed by atoms with Crippen molar-refractivity contribution in [1.82, 2.24) is 10.6 Å². The Kier molecular flexibility index (Phi) is 4.29. The topological polar surface area (TPSA) is 84.3 Å². The molecule has 0 aromatic heterocycles. The van der Waals surface area contributed by atoms with Crippen molar-refractivity contribution in [2.24, 2.45) is 0 Å². The van der Waals surface area contributed by atoms with Crippen LogP contribution in [-0.4, -0.2) is 29.5 Å². The van der Waals surface area contributed by atoms with E-state index in [1.807, 2.05) is 6.92 Å². The number of nitro benzene ring substituents is 1. The Bertz CT molecular complexity index is 536. The highest BCUT2D eigenvalue weighted by Gasteiger charge is 2.22. The molecule has 7 heteroatoms. The molecule has 20 heavy (non-hydrogen) atoms. The fourth-order valence-electron chi connectivity index (χ4n) is 2.33. The Balaban J connectivity index is 2.07. The van der Waals surface area contributed by atoms with Crippen molar-refractivity contribution < 1.29 is 14.1 Å².